The zero-order chi connectivity index (χ0) is 14.8. The highest BCUT2D eigenvalue weighted by Gasteiger charge is 2.35. The highest BCUT2D eigenvalue weighted by Crippen LogP contribution is 2.27. The van der Waals surface area contributed by atoms with Gasteiger partial charge in [0.15, 0.2) is 9.84 Å². The summed E-state index contributed by atoms with van der Waals surface area (Å²) in [5.41, 5.74) is 1.14. The summed E-state index contributed by atoms with van der Waals surface area (Å²) in [7, 11) is -1.33. The Morgan fingerprint density at radius 2 is 1.90 bits per heavy atom. The first kappa shape index (κ1) is 15.3. The van der Waals surface area contributed by atoms with Crippen molar-refractivity contribution in [3.05, 3.63) is 29.8 Å². The second kappa shape index (κ2) is 6.14. The van der Waals surface area contributed by atoms with Gasteiger partial charge in [-0.15, -0.1) is 0 Å². The average Bonchev–Trinajstić information content (AvgIpc) is 2.87. The standard InChI is InChI=1S/C15H23NO3S/c1-11(12-7-9-13(19-2)10-8-12)16-14-5-4-6-15(14)20(3,17)18/h7-11,14-16H,4-6H2,1-3H3/t11-,14?,15?/m0/s1. The summed E-state index contributed by atoms with van der Waals surface area (Å²) in [6.07, 6.45) is 4.02. The molecule has 1 aromatic rings. The van der Waals surface area contributed by atoms with Crippen LogP contribution in [0.1, 0.15) is 37.8 Å². The average molecular weight is 297 g/mol. The van der Waals surface area contributed by atoms with E-state index in [1.54, 1.807) is 7.11 Å². The molecule has 112 valence electrons. The summed E-state index contributed by atoms with van der Waals surface area (Å²) in [5, 5.41) is 3.22. The van der Waals surface area contributed by atoms with Crippen molar-refractivity contribution in [3.8, 4) is 5.75 Å². The molecule has 0 bridgehead atoms. The molecule has 1 N–H and O–H groups in total. The lowest BCUT2D eigenvalue weighted by atomic mass is 10.1. The maximum atomic E-state index is 11.8. The molecule has 1 fully saturated rings. The molecule has 0 amide bonds. The Hall–Kier alpha value is -1.07. The summed E-state index contributed by atoms with van der Waals surface area (Å²) in [5.74, 6) is 0.829. The van der Waals surface area contributed by atoms with E-state index in [1.165, 1.54) is 6.26 Å². The van der Waals surface area contributed by atoms with Gasteiger partial charge in [0, 0.05) is 18.3 Å². The maximum absolute atomic E-state index is 11.8. The first-order chi connectivity index (χ1) is 9.41. The second-order valence-electron chi connectivity index (χ2n) is 5.57. The minimum Gasteiger partial charge on any atom is -0.497 e. The number of hydrogen-bond donors (Lipinski definition) is 1. The van der Waals surface area contributed by atoms with Gasteiger partial charge in [0.05, 0.1) is 12.4 Å². The van der Waals surface area contributed by atoms with E-state index in [9.17, 15) is 8.42 Å². The van der Waals surface area contributed by atoms with Gasteiger partial charge in [-0.3, -0.25) is 0 Å². The molecule has 0 spiro atoms. The van der Waals surface area contributed by atoms with Crippen LogP contribution >= 0.6 is 0 Å². The SMILES string of the molecule is COc1ccc([C@H](C)NC2CCCC2S(C)(=O)=O)cc1. The minimum absolute atomic E-state index is 0.0575. The number of ether oxygens (including phenoxy) is 1. The summed E-state index contributed by atoms with van der Waals surface area (Å²) in [6.45, 7) is 2.07. The van der Waals surface area contributed by atoms with E-state index in [-0.39, 0.29) is 17.3 Å². The van der Waals surface area contributed by atoms with Crippen molar-refractivity contribution < 1.29 is 13.2 Å². The molecule has 1 aromatic carbocycles. The summed E-state index contributed by atoms with van der Waals surface area (Å²) in [4.78, 5) is 0. The van der Waals surface area contributed by atoms with Crippen LogP contribution in [0.3, 0.4) is 0 Å². The molecule has 1 aliphatic carbocycles. The van der Waals surface area contributed by atoms with Gasteiger partial charge >= 0.3 is 0 Å². The third kappa shape index (κ3) is 3.52. The van der Waals surface area contributed by atoms with Gasteiger partial charge in [0.1, 0.15) is 5.75 Å². The zero-order valence-electron chi connectivity index (χ0n) is 12.3. The Labute approximate surface area is 121 Å². The summed E-state index contributed by atoms with van der Waals surface area (Å²) < 4.78 is 28.7. The Balaban J connectivity index is 2.05. The Bertz CT molecular complexity index is 539. The molecule has 0 aliphatic heterocycles. The molecule has 2 unspecified atom stereocenters. The Morgan fingerprint density at radius 1 is 1.25 bits per heavy atom. The molecule has 3 atom stereocenters. The van der Waals surface area contributed by atoms with Crippen molar-refractivity contribution in [1.29, 1.82) is 0 Å². The van der Waals surface area contributed by atoms with Crippen LogP contribution in [0.4, 0.5) is 0 Å². The molecule has 5 heteroatoms. The molecule has 0 radical (unpaired) electrons. The number of hydrogen-bond acceptors (Lipinski definition) is 4. The highest BCUT2D eigenvalue weighted by atomic mass is 32.2. The number of benzene rings is 1. The minimum atomic E-state index is -2.97. The maximum Gasteiger partial charge on any atom is 0.151 e. The van der Waals surface area contributed by atoms with Crippen molar-refractivity contribution in [2.24, 2.45) is 0 Å². The first-order valence-electron chi connectivity index (χ1n) is 7.00. The van der Waals surface area contributed by atoms with Gasteiger partial charge < -0.3 is 10.1 Å². The first-order valence-corrected chi connectivity index (χ1v) is 8.96. The molecule has 1 aliphatic rings. The quantitative estimate of drug-likeness (QED) is 0.906. The fourth-order valence-electron chi connectivity index (χ4n) is 2.94. The van der Waals surface area contributed by atoms with E-state index in [4.69, 9.17) is 4.74 Å². The summed E-state index contributed by atoms with van der Waals surface area (Å²) in [6, 6.07) is 8.07. The Kier molecular flexibility index (Phi) is 4.70. The van der Waals surface area contributed by atoms with Gasteiger partial charge in [0.25, 0.3) is 0 Å². The third-order valence-electron chi connectivity index (χ3n) is 4.08. The third-order valence-corrected chi connectivity index (χ3v) is 5.75. The van der Waals surface area contributed by atoms with E-state index in [1.807, 2.05) is 24.3 Å². The number of methoxy groups -OCH3 is 1. The summed E-state index contributed by atoms with van der Waals surface area (Å²) >= 11 is 0. The lowest BCUT2D eigenvalue weighted by molar-refractivity contribution is 0.414. The number of rotatable bonds is 5. The predicted molar refractivity (Wildman–Crippen MR) is 80.8 cm³/mol. The van der Waals surface area contributed by atoms with Crippen molar-refractivity contribution in [1.82, 2.24) is 5.32 Å². The van der Waals surface area contributed by atoms with Gasteiger partial charge in [0.2, 0.25) is 0 Å². The molecule has 20 heavy (non-hydrogen) atoms. The fraction of sp³-hybridized carbons (Fsp3) is 0.600. The van der Waals surface area contributed by atoms with Crippen LogP contribution in [0.25, 0.3) is 0 Å². The topological polar surface area (TPSA) is 55.4 Å². The number of nitrogens with one attached hydrogen (secondary N) is 1. The van der Waals surface area contributed by atoms with Crippen LogP contribution in [0.2, 0.25) is 0 Å². The van der Waals surface area contributed by atoms with Gasteiger partial charge in [-0.1, -0.05) is 18.6 Å². The van der Waals surface area contributed by atoms with Crippen LogP contribution in [-0.2, 0) is 9.84 Å². The normalized spacial score (nSPS) is 24.6. The highest BCUT2D eigenvalue weighted by molar-refractivity contribution is 7.91. The van der Waals surface area contributed by atoms with Gasteiger partial charge in [-0.2, -0.15) is 0 Å². The van der Waals surface area contributed by atoms with Crippen LogP contribution in [-0.4, -0.2) is 33.1 Å². The smallest absolute Gasteiger partial charge is 0.151 e. The van der Waals surface area contributed by atoms with Crippen LogP contribution in [0.5, 0.6) is 5.75 Å². The van der Waals surface area contributed by atoms with Crippen molar-refractivity contribution in [2.75, 3.05) is 13.4 Å². The molecule has 1 saturated carbocycles. The van der Waals surface area contributed by atoms with Gasteiger partial charge in [-0.05, 0) is 37.5 Å². The second-order valence-corrected chi connectivity index (χ2v) is 7.83. The largest absolute Gasteiger partial charge is 0.497 e. The molecule has 0 saturated heterocycles. The monoisotopic (exact) mass is 297 g/mol. The molecular weight excluding hydrogens is 274 g/mol. The zero-order valence-corrected chi connectivity index (χ0v) is 13.1. The van der Waals surface area contributed by atoms with E-state index in [2.05, 4.69) is 12.2 Å². The molecule has 0 heterocycles. The van der Waals surface area contributed by atoms with E-state index in [0.717, 1.165) is 30.6 Å². The van der Waals surface area contributed by atoms with Crippen LogP contribution < -0.4 is 10.1 Å². The lowest BCUT2D eigenvalue weighted by Crippen LogP contribution is -2.41. The van der Waals surface area contributed by atoms with E-state index < -0.39 is 9.84 Å². The van der Waals surface area contributed by atoms with Gasteiger partial charge in [-0.25, -0.2) is 8.42 Å². The van der Waals surface area contributed by atoms with E-state index in [0.29, 0.717) is 0 Å². The van der Waals surface area contributed by atoms with Crippen molar-refractivity contribution >= 4 is 9.84 Å². The van der Waals surface area contributed by atoms with Crippen LogP contribution in [0, 0.1) is 0 Å². The molecular formula is C15H23NO3S. The molecule has 0 aromatic heterocycles. The lowest BCUT2D eigenvalue weighted by Gasteiger charge is -2.24. The van der Waals surface area contributed by atoms with Crippen LogP contribution in [0.15, 0.2) is 24.3 Å². The Morgan fingerprint density at radius 3 is 2.45 bits per heavy atom. The predicted octanol–water partition coefficient (Wildman–Crippen LogP) is 2.31. The van der Waals surface area contributed by atoms with E-state index >= 15 is 0 Å². The molecule has 2 rings (SSSR count). The van der Waals surface area contributed by atoms with Crippen molar-refractivity contribution in [2.45, 2.75) is 43.5 Å². The molecule has 4 nitrogen and oxygen atoms in total. The number of sulfone groups is 1. The van der Waals surface area contributed by atoms with Crippen molar-refractivity contribution in [3.63, 3.8) is 0 Å². The fourth-order valence-corrected chi connectivity index (χ4v) is 4.35.